The van der Waals surface area contributed by atoms with Crippen LogP contribution in [0.4, 0.5) is 5.82 Å². The molecule has 0 radical (unpaired) electrons. The minimum atomic E-state index is -0.762. The highest BCUT2D eigenvalue weighted by molar-refractivity contribution is 6.39. The molecule has 0 aliphatic rings. The summed E-state index contributed by atoms with van der Waals surface area (Å²) in [7, 11) is 0. The summed E-state index contributed by atoms with van der Waals surface area (Å²) in [5.74, 6) is -1.23. The first-order valence-electron chi connectivity index (χ1n) is 6.91. The van der Waals surface area contributed by atoms with Crippen molar-refractivity contribution in [2.24, 2.45) is 0 Å². The van der Waals surface area contributed by atoms with E-state index in [0.29, 0.717) is 6.54 Å². The van der Waals surface area contributed by atoms with Gasteiger partial charge in [-0.3, -0.25) is 14.9 Å². The Bertz CT molecular complexity index is 658. The Morgan fingerprint density at radius 2 is 1.82 bits per heavy atom. The van der Waals surface area contributed by atoms with Crippen molar-refractivity contribution in [3.63, 3.8) is 0 Å². The summed E-state index contributed by atoms with van der Waals surface area (Å²) in [5, 5.41) is 12.8. The molecule has 0 aliphatic heterocycles. The summed E-state index contributed by atoms with van der Waals surface area (Å²) in [5.41, 5.74) is 0.593. The van der Waals surface area contributed by atoms with E-state index in [1.807, 2.05) is 30.3 Å². The van der Waals surface area contributed by atoms with E-state index in [0.717, 1.165) is 5.56 Å². The van der Waals surface area contributed by atoms with Crippen LogP contribution >= 0.6 is 0 Å². The number of benzene rings is 1. The number of amides is 2. The zero-order valence-electron chi connectivity index (χ0n) is 12.8. The molecule has 0 bridgehead atoms. The summed E-state index contributed by atoms with van der Waals surface area (Å²) in [6.07, 6.45) is 1.58. The highest BCUT2D eigenvalue weighted by Crippen LogP contribution is 2.05. The molecular weight excluding hydrogens is 282 g/mol. The van der Waals surface area contributed by atoms with Gasteiger partial charge < -0.3 is 5.32 Å². The third-order valence-electron chi connectivity index (χ3n) is 2.66. The Hall–Kier alpha value is -2.70. The maximum Gasteiger partial charge on any atom is 0.314 e. The van der Waals surface area contributed by atoms with Crippen LogP contribution in [0.1, 0.15) is 26.3 Å². The lowest BCUT2D eigenvalue weighted by Gasteiger charge is -2.19. The van der Waals surface area contributed by atoms with E-state index in [4.69, 9.17) is 0 Å². The predicted molar refractivity (Wildman–Crippen MR) is 82.1 cm³/mol. The summed E-state index contributed by atoms with van der Waals surface area (Å²) < 4.78 is 1.59. The lowest BCUT2D eigenvalue weighted by molar-refractivity contribution is -0.137. The van der Waals surface area contributed by atoms with Gasteiger partial charge in [-0.2, -0.15) is 0 Å². The standard InChI is InChI=1S/C15H19N5O2/c1-15(2,3)17-14(22)13(21)16-12-10-20(19-18-12)9-11-7-5-4-6-8-11/h4-8,10H,9H2,1-3H3,(H,16,21)(H,17,22). The minimum absolute atomic E-state index is 0.241. The second-order valence-electron chi connectivity index (χ2n) is 5.95. The molecule has 2 aromatic rings. The molecule has 0 spiro atoms. The van der Waals surface area contributed by atoms with Gasteiger partial charge in [-0.15, -0.1) is 5.10 Å². The molecule has 2 N–H and O–H groups in total. The van der Waals surface area contributed by atoms with Gasteiger partial charge in [0.25, 0.3) is 0 Å². The second kappa shape index (κ2) is 6.38. The lowest BCUT2D eigenvalue weighted by atomic mass is 10.1. The number of anilines is 1. The average Bonchev–Trinajstić information content (AvgIpc) is 2.85. The van der Waals surface area contributed by atoms with E-state index in [1.165, 1.54) is 0 Å². The zero-order valence-corrected chi connectivity index (χ0v) is 12.8. The van der Waals surface area contributed by atoms with Crippen molar-refractivity contribution in [2.75, 3.05) is 5.32 Å². The Labute approximate surface area is 128 Å². The molecule has 22 heavy (non-hydrogen) atoms. The van der Waals surface area contributed by atoms with Crippen LogP contribution in [-0.4, -0.2) is 32.3 Å². The van der Waals surface area contributed by atoms with Crippen molar-refractivity contribution >= 4 is 17.6 Å². The van der Waals surface area contributed by atoms with Crippen LogP contribution in [-0.2, 0) is 16.1 Å². The first-order valence-corrected chi connectivity index (χ1v) is 6.91. The molecule has 0 unspecified atom stereocenters. The number of carbonyl (C=O) groups is 2. The van der Waals surface area contributed by atoms with Crippen LogP contribution in [0.25, 0.3) is 0 Å². The highest BCUT2D eigenvalue weighted by atomic mass is 16.2. The number of nitrogens with zero attached hydrogens (tertiary/aromatic N) is 3. The SMILES string of the molecule is CC(C)(C)NC(=O)C(=O)Nc1cn(Cc2ccccc2)nn1. The van der Waals surface area contributed by atoms with E-state index in [2.05, 4.69) is 20.9 Å². The molecule has 1 aromatic heterocycles. The molecule has 116 valence electrons. The van der Waals surface area contributed by atoms with Gasteiger partial charge in [0.15, 0.2) is 5.82 Å². The smallest absolute Gasteiger partial charge is 0.314 e. The maximum absolute atomic E-state index is 11.8. The monoisotopic (exact) mass is 301 g/mol. The molecule has 1 aromatic carbocycles. The van der Waals surface area contributed by atoms with Crippen LogP contribution in [0, 0.1) is 0 Å². The number of carbonyl (C=O) groups excluding carboxylic acids is 2. The topological polar surface area (TPSA) is 88.9 Å². The summed E-state index contributed by atoms with van der Waals surface area (Å²) in [4.78, 5) is 23.4. The van der Waals surface area contributed by atoms with Crippen LogP contribution in [0.15, 0.2) is 36.5 Å². The molecular formula is C15H19N5O2. The predicted octanol–water partition coefficient (Wildman–Crippen LogP) is 1.18. The minimum Gasteiger partial charge on any atom is -0.343 e. The summed E-state index contributed by atoms with van der Waals surface area (Å²) in [6.45, 7) is 5.94. The van der Waals surface area contributed by atoms with Crippen molar-refractivity contribution < 1.29 is 9.59 Å². The fraction of sp³-hybridized carbons (Fsp3) is 0.333. The summed E-state index contributed by atoms with van der Waals surface area (Å²) in [6, 6.07) is 9.75. The molecule has 1 heterocycles. The second-order valence-corrected chi connectivity index (χ2v) is 5.95. The van der Waals surface area contributed by atoms with Gasteiger partial charge >= 0.3 is 11.8 Å². The third-order valence-corrected chi connectivity index (χ3v) is 2.66. The number of hydrogen-bond donors (Lipinski definition) is 2. The van der Waals surface area contributed by atoms with Gasteiger partial charge in [0.2, 0.25) is 0 Å². The van der Waals surface area contributed by atoms with Crippen molar-refractivity contribution in [3.8, 4) is 0 Å². The van der Waals surface area contributed by atoms with Gasteiger partial charge in [0.1, 0.15) is 0 Å². The van der Waals surface area contributed by atoms with E-state index in [1.54, 1.807) is 31.6 Å². The fourth-order valence-electron chi connectivity index (χ4n) is 1.77. The fourth-order valence-corrected chi connectivity index (χ4v) is 1.77. The van der Waals surface area contributed by atoms with Crippen LogP contribution < -0.4 is 10.6 Å². The molecule has 0 atom stereocenters. The highest BCUT2D eigenvalue weighted by Gasteiger charge is 2.21. The van der Waals surface area contributed by atoms with Gasteiger partial charge in [0.05, 0.1) is 12.7 Å². The number of hydrogen-bond acceptors (Lipinski definition) is 4. The molecule has 7 nitrogen and oxygen atoms in total. The Balaban J connectivity index is 1.94. The summed E-state index contributed by atoms with van der Waals surface area (Å²) >= 11 is 0. The first kappa shape index (κ1) is 15.7. The molecule has 0 aliphatic carbocycles. The van der Waals surface area contributed by atoms with Gasteiger partial charge in [0, 0.05) is 5.54 Å². The molecule has 0 fully saturated rings. The van der Waals surface area contributed by atoms with Gasteiger partial charge in [-0.05, 0) is 26.3 Å². The van der Waals surface area contributed by atoms with E-state index >= 15 is 0 Å². The van der Waals surface area contributed by atoms with E-state index < -0.39 is 17.4 Å². The number of nitrogens with one attached hydrogen (secondary N) is 2. The van der Waals surface area contributed by atoms with Crippen molar-refractivity contribution in [3.05, 3.63) is 42.1 Å². The van der Waals surface area contributed by atoms with Gasteiger partial charge in [-0.25, -0.2) is 4.68 Å². The Morgan fingerprint density at radius 3 is 2.45 bits per heavy atom. The average molecular weight is 301 g/mol. The normalized spacial score (nSPS) is 11.0. The van der Waals surface area contributed by atoms with E-state index in [-0.39, 0.29) is 5.82 Å². The van der Waals surface area contributed by atoms with Crippen LogP contribution in [0.3, 0.4) is 0 Å². The molecule has 2 amide bonds. The largest absolute Gasteiger partial charge is 0.343 e. The maximum atomic E-state index is 11.8. The van der Waals surface area contributed by atoms with E-state index in [9.17, 15) is 9.59 Å². The zero-order chi connectivity index (χ0) is 16.2. The van der Waals surface area contributed by atoms with Crippen LogP contribution in [0.2, 0.25) is 0 Å². The molecule has 0 saturated carbocycles. The molecule has 0 saturated heterocycles. The molecule has 2 rings (SSSR count). The van der Waals surface area contributed by atoms with Crippen molar-refractivity contribution in [1.29, 1.82) is 0 Å². The van der Waals surface area contributed by atoms with Gasteiger partial charge in [-0.1, -0.05) is 35.5 Å². The lowest BCUT2D eigenvalue weighted by Crippen LogP contribution is -2.46. The first-order chi connectivity index (χ1) is 10.3. The third kappa shape index (κ3) is 4.69. The van der Waals surface area contributed by atoms with Crippen molar-refractivity contribution in [2.45, 2.75) is 32.9 Å². The quantitative estimate of drug-likeness (QED) is 0.833. The number of rotatable bonds is 3. The van der Waals surface area contributed by atoms with Crippen LogP contribution in [0.5, 0.6) is 0 Å². The Morgan fingerprint density at radius 1 is 1.14 bits per heavy atom. The Kier molecular flexibility index (Phi) is 4.55. The van der Waals surface area contributed by atoms with Crippen molar-refractivity contribution in [1.82, 2.24) is 20.3 Å². The number of aromatic nitrogens is 3. The molecule has 7 heteroatoms.